The van der Waals surface area contributed by atoms with E-state index in [2.05, 4.69) is 10.3 Å². The minimum atomic E-state index is -0.0866. The lowest BCUT2D eigenvalue weighted by Gasteiger charge is -2.18. The van der Waals surface area contributed by atoms with Crippen LogP contribution in [0.1, 0.15) is 23.0 Å². The Bertz CT molecular complexity index is 379. The number of carbonyl (C=O) groups is 1. The second-order valence-electron chi connectivity index (χ2n) is 4.38. The van der Waals surface area contributed by atoms with Crippen molar-refractivity contribution in [3.05, 3.63) is 29.6 Å². The van der Waals surface area contributed by atoms with Crippen LogP contribution in [0.4, 0.5) is 0 Å². The van der Waals surface area contributed by atoms with Crippen LogP contribution in [0, 0.1) is 0 Å². The van der Waals surface area contributed by atoms with Crippen molar-refractivity contribution in [3.8, 4) is 0 Å². The average Bonchev–Trinajstić information content (AvgIpc) is 2.27. The van der Waals surface area contributed by atoms with Crippen LogP contribution in [0.25, 0.3) is 0 Å². The highest BCUT2D eigenvalue weighted by Crippen LogP contribution is 2.02. The highest BCUT2D eigenvalue weighted by Gasteiger charge is 2.10. The third-order valence-corrected chi connectivity index (χ3v) is 2.30. The second kappa shape index (κ2) is 6.32. The van der Waals surface area contributed by atoms with E-state index in [0.29, 0.717) is 12.1 Å². The van der Waals surface area contributed by atoms with Gasteiger partial charge in [0.2, 0.25) is 0 Å². The van der Waals surface area contributed by atoms with Crippen molar-refractivity contribution >= 4 is 5.91 Å². The lowest BCUT2D eigenvalue weighted by Crippen LogP contribution is -2.39. The van der Waals surface area contributed by atoms with Crippen molar-refractivity contribution in [2.75, 3.05) is 20.6 Å². The molecule has 0 saturated heterocycles. The second-order valence-corrected chi connectivity index (χ2v) is 4.38. The Morgan fingerprint density at radius 1 is 1.59 bits per heavy atom. The zero-order valence-electron chi connectivity index (χ0n) is 10.6. The van der Waals surface area contributed by atoms with Gasteiger partial charge in [0.15, 0.2) is 0 Å². The summed E-state index contributed by atoms with van der Waals surface area (Å²) in [4.78, 5) is 18.0. The maximum absolute atomic E-state index is 11.9. The summed E-state index contributed by atoms with van der Waals surface area (Å²) in [5.41, 5.74) is 6.81. The third kappa shape index (κ3) is 4.50. The van der Waals surface area contributed by atoms with E-state index in [9.17, 15) is 4.79 Å². The summed E-state index contributed by atoms with van der Waals surface area (Å²) in [6.45, 7) is 3.12. The Hall–Kier alpha value is -1.46. The van der Waals surface area contributed by atoms with Crippen LogP contribution in [0.5, 0.6) is 0 Å². The molecule has 0 aliphatic rings. The van der Waals surface area contributed by atoms with Crippen LogP contribution in [-0.4, -0.2) is 42.5 Å². The SMILES string of the molecule is CC(CN(C)C)NC(=O)c1ccnc(CN)c1. The van der Waals surface area contributed by atoms with Gasteiger partial charge in [0, 0.05) is 30.9 Å². The van der Waals surface area contributed by atoms with Crippen LogP contribution in [0.15, 0.2) is 18.3 Å². The van der Waals surface area contributed by atoms with E-state index in [4.69, 9.17) is 5.73 Å². The summed E-state index contributed by atoms with van der Waals surface area (Å²) in [5, 5.41) is 2.93. The summed E-state index contributed by atoms with van der Waals surface area (Å²) in [6.07, 6.45) is 1.60. The van der Waals surface area contributed by atoms with E-state index >= 15 is 0 Å². The van der Waals surface area contributed by atoms with Gasteiger partial charge >= 0.3 is 0 Å². The molecule has 1 atom stereocenters. The number of nitrogens with two attached hydrogens (primary N) is 1. The number of carbonyl (C=O) groups excluding carboxylic acids is 1. The Labute approximate surface area is 102 Å². The van der Waals surface area contributed by atoms with E-state index < -0.39 is 0 Å². The molecule has 0 fully saturated rings. The first kappa shape index (κ1) is 13.6. The van der Waals surface area contributed by atoms with Crippen LogP contribution < -0.4 is 11.1 Å². The number of aromatic nitrogens is 1. The molecule has 0 aromatic carbocycles. The molecule has 0 saturated carbocycles. The van der Waals surface area contributed by atoms with E-state index in [-0.39, 0.29) is 11.9 Å². The Morgan fingerprint density at radius 3 is 2.88 bits per heavy atom. The molecule has 1 unspecified atom stereocenters. The predicted molar refractivity (Wildman–Crippen MR) is 67.6 cm³/mol. The molecule has 0 aliphatic carbocycles. The standard InChI is InChI=1S/C12H20N4O/c1-9(8-16(2)3)15-12(17)10-4-5-14-11(6-10)7-13/h4-6,9H,7-8,13H2,1-3H3,(H,15,17). The zero-order valence-corrected chi connectivity index (χ0v) is 10.6. The van der Waals surface area contributed by atoms with Gasteiger partial charge in [-0.25, -0.2) is 0 Å². The van der Waals surface area contributed by atoms with Gasteiger partial charge in [0.1, 0.15) is 0 Å². The summed E-state index contributed by atoms with van der Waals surface area (Å²) >= 11 is 0. The molecular formula is C12H20N4O. The van der Waals surface area contributed by atoms with Gasteiger partial charge in [0.25, 0.3) is 5.91 Å². The van der Waals surface area contributed by atoms with E-state index in [0.717, 1.165) is 12.2 Å². The highest BCUT2D eigenvalue weighted by atomic mass is 16.1. The Kier molecular flexibility index (Phi) is 5.06. The monoisotopic (exact) mass is 236 g/mol. The zero-order chi connectivity index (χ0) is 12.8. The maximum Gasteiger partial charge on any atom is 0.251 e. The molecule has 3 N–H and O–H groups in total. The topological polar surface area (TPSA) is 71.2 Å². The van der Waals surface area contributed by atoms with E-state index in [1.807, 2.05) is 25.9 Å². The maximum atomic E-state index is 11.9. The minimum Gasteiger partial charge on any atom is -0.348 e. The van der Waals surface area contributed by atoms with Gasteiger partial charge in [-0.05, 0) is 33.2 Å². The number of likely N-dealkylation sites (N-methyl/N-ethyl adjacent to an activating group) is 1. The largest absolute Gasteiger partial charge is 0.348 e. The van der Waals surface area contributed by atoms with Gasteiger partial charge in [-0.2, -0.15) is 0 Å². The van der Waals surface area contributed by atoms with Crippen LogP contribution in [-0.2, 0) is 6.54 Å². The van der Waals surface area contributed by atoms with Crippen molar-refractivity contribution in [2.45, 2.75) is 19.5 Å². The van der Waals surface area contributed by atoms with Crippen molar-refractivity contribution in [1.82, 2.24) is 15.2 Å². The molecule has 0 radical (unpaired) electrons. The number of rotatable bonds is 5. The fourth-order valence-corrected chi connectivity index (χ4v) is 1.63. The van der Waals surface area contributed by atoms with Crippen LogP contribution in [0.3, 0.4) is 0 Å². The molecule has 17 heavy (non-hydrogen) atoms. The average molecular weight is 236 g/mol. The number of nitrogens with one attached hydrogen (secondary N) is 1. The molecule has 1 aromatic rings. The van der Waals surface area contributed by atoms with Crippen molar-refractivity contribution in [3.63, 3.8) is 0 Å². The van der Waals surface area contributed by atoms with Gasteiger partial charge in [-0.3, -0.25) is 9.78 Å². The quantitative estimate of drug-likeness (QED) is 0.767. The predicted octanol–water partition coefficient (Wildman–Crippen LogP) is 0.220. The smallest absolute Gasteiger partial charge is 0.251 e. The van der Waals surface area contributed by atoms with Crippen molar-refractivity contribution in [2.24, 2.45) is 5.73 Å². The molecule has 0 bridgehead atoms. The highest BCUT2D eigenvalue weighted by molar-refractivity contribution is 5.94. The molecule has 0 spiro atoms. The van der Waals surface area contributed by atoms with E-state index in [1.165, 1.54) is 0 Å². The molecule has 5 nitrogen and oxygen atoms in total. The molecule has 5 heteroatoms. The van der Waals surface area contributed by atoms with Crippen molar-refractivity contribution < 1.29 is 4.79 Å². The summed E-state index contributed by atoms with van der Waals surface area (Å²) in [5.74, 6) is -0.0866. The number of hydrogen-bond acceptors (Lipinski definition) is 4. The molecule has 0 aliphatic heterocycles. The molecule has 1 rings (SSSR count). The van der Waals surface area contributed by atoms with Gasteiger partial charge in [-0.15, -0.1) is 0 Å². The van der Waals surface area contributed by atoms with Crippen LogP contribution in [0.2, 0.25) is 0 Å². The third-order valence-electron chi connectivity index (χ3n) is 2.30. The van der Waals surface area contributed by atoms with Gasteiger partial charge in [0.05, 0.1) is 5.69 Å². The first-order valence-electron chi connectivity index (χ1n) is 5.63. The fourth-order valence-electron chi connectivity index (χ4n) is 1.63. The lowest BCUT2D eigenvalue weighted by molar-refractivity contribution is 0.0934. The van der Waals surface area contributed by atoms with Gasteiger partial charge in [-0.1, -0.05) is 0 Å². The summed E-state index contributed by atoms with van der Waals surface area (Å²) < 4.78 is 0. The molecule has 1 amide bonds. The van der Waals surface area contributed by atoms with Crippen LogP contribution >= 0.6 is 0 Å². The van der Waals surface area contributed by atoms with E-state index in [1.54, 1.807) is 18.3 Å². The lowest BCUT2D eigenvalue weighted by atomic mass is 10.2. The molecular weight excluding hydrogens is 216 g/mol. The first-order valence-corrected chi connectivity index (χ1v) is 5.63. The number of amides is 1. The Morgan fingerprint density at radius 2 is 2.29 bits per heavy atom. The normalized spacial score (nSPS) is 12.5. The minimum absolute atomic E-state index is 0.0866. The molecule has 1 aromatic heterocycles. The van der Waals surface area contributed by atoms with Crippen molar-refractivity contribution in [1.29, 1.82) is 0 Å². The van der Waals surface area contributed by atoms with Gasteiger partial charge < -0.3 is 16.0 Å². The number of pyridine rings is 1. The molecule has 1 heterocycles. The Balaban J connectivity index is 2.63. The number of hydrogen-bond donors (Lipinski definition) is 2. The summed E-state index contributed by atoms with van der Waals surface area (Å²) in [6, 6.07) is 3.51. The summed E-state index contributed by atoms with van der Waals surface area (Å²) in [7, 11) is 3.95. The molecule has 94 valence electrons. The first-order chi connectivity index (χ1) is 8.02. The fraction of sp³-hybridized carbons (Fsp3) is 0.500. The number of nitrogens with zero attached hydrogens (tertiary/aromatic N) is 2.